The SMILES string of the molecule is Cc1c(F)cc(S(=O)(=O)N2CCOCC2C(N)=O)cc1C(=O)O. The molecule has 10 heteroatoms. The van der Waals surface area contributed by atoms with Gasteiger partial charge in [-0.3, -0.25) is 4.79 Å². The molecular formula is C13H15FN2O6S. The van der Waals surface area contributed by atoms with Gasteiger partial charge in [0, 0.05) is 6.54 Å². The maximum absolute atomic E-state index is 13.9. The summed E-state index contributed by atoms with van der Waals surface area (Å²) in [6.45, 7) is 0.918. The van der Waals surface area contributed by atoms with E-state index in [0.717, 1.165) is 16.4 Å². The van der Waals surface area contributed by atoms with Gasteiger partial charge in [-0.15, -0.1) is 0 Å². The highest BCUT2D eigenvalue weighted by Crippen LogP contribution is 2.25. The van der Waals surface area contributed by atoms with Crippen LogP contribution in [0.15, 0.2) is 17.0 Å². The van der Waals surface area contributed by atoms with E-state index in [-0.39, 0.29) is 25.3 Å². The molecule has 1 amide bonds. The summed E-state index contributed by atoms with van der Waals surface area (Å²) in [6.07, 6.45) is 0. The Labute approximate surface area is 131 Å². The molecule has 1 aromatic carbocycles. The van der Waals surface area contributed by atoms with E-state index < -0.39 is 44.2 Å². The van der Waals surface area contributed by atoms with Crippen LogP contribution in [0.2, 0.25) is 0 Å². The summed E-state index contributed by atoms with van der Waals surface area (Å²) in [5.41, 5.74) is 4.53. The zero-order valence-electron chi connectivity index (χ0n) is 12.2. The van der Waals surface area contributed by atoms with Crippen LogP contribution in [0.3, 0.4) is 0 Å². The molecule has 3 N–H and O–H groups in total. The van der Waals surface area contributed by atoms with E-state index in [1.54, 1.807) is 0 Å². The van der Waals surface area contributed by atoms with Crippen molar-refractivity contribution in [3.05, 3.63) is 29.1 Å². The van der Waals surface area contributed by atoms with Crippen LogP contribution in [-0.2, 0) is 19.6 Å². The molecule has 1 heterocycles. The highest BCUT2D eigenvalue weighted by molar-refractivity contribution is 7.89. The molecule has 1 aromatic rings. The average Bonchev–Trinajstić information content (AvgIpc) is 2.49. The van der Waals surface area contributed by atoms with Crippen molar-refractivity contribution in [3.63, 3.8) is 0 Å². The number of benzene rings is 1. The van der Waals surface area contributed by atoms with Crippen LogP contribution in [0.25, 0.3) is 0 Å². The minimum atomic E-state index is -4.30. The molecule has 0 saturated carbocycles. The molecule has 1 saturated heterocycles. The van der Waals surface area contributed by atoms with Gasteiger partial charge in [0.2, 0.25) is 15.9 Å². The fraction of sp³-hybridized carbons (Fsp3) is 0.385. The number of sulfonamides is 1. The lowest BCUT2D eigenvalue weighted by molar-refractivity contribution is -0.125. The van der Waals surface area contributed by atoms with E-state index in [4.69, 9.17) is 15.6 Å². The number of primary amides is 1. The van der Waals surface area contributed by atoms with Gasteiger partial charge in [-0.1, -0.05) is 0 Å². The fourth-order valence-corrected chi connectivity index (χ4v) is 3.87. The molecule has 2 rings (SSSR count). The molecule has 8 nitrogen and oxygen atoms in total. The summed E-state index contributed by atoms with van der Waals surface area (Å²) in [7, 11) is -4.30. The highest BCUT2D eigenvalue weighted by Gasteiger charge is 2.38. The lowest BCUT2D eigenvalue weighted by Crippen LogP contribution is -2.54. The molecule has 1 aliphatic heterocycles. The molecule has 126 valence electrons. The highest BCUT2D eigenvalue weighted by atomic mass is 32.2. The Morgan fingerprint density at radius 2 is 2.09 bits per heavy atom. The first kappa shape index (κ1) is 17.3. The molecule has 0 aliphatic carbocycles. The molecule has 1 unspecified atom stereocenters. The number of aromatic carboxylic acids is 1. The number of hydrogen-bond acceptors (Lipinski definition) is 5. The number of carboxylic acids is 1. The van der Waals surface area contributed by atoms with Crippen molar-refractivity contribution in [2.75, 3.05) is 19.8 Å². The van der Waals surface area contributed by atoms with E-state index in [1.165, 1.54) is 6.92 Å². The Hall–Kier alpha value is -2.04. The zero-order valence-corrected chi connectivity index (χ0v) is 13.0. The lowest BCUT2D eigenvalue weighted by Gasteiger charge is -2.32. The number of morpholine rings is 1. The fourth-order valence-electron chi connectivity index (χ4n) is 2.26. The quantitative estimate of drug-likeness (QED) is 0.771. The zero-order chi connectivity index (χ0) is 17.4. The molecule has 0 spiro atoms. The van der Waals surface area contributed by atoms with Gasteiger partial charge >= 0.3 is 5.97 Å². The van der Waals surface area contributed by atoms with Gasteiger partial charge < -0.3 is 15.6 Å². The average molecular weight is 346 g/mol. The van der Waals surface area contributed by atoms with Crippen molar-refractivity contribution in [2.24, 2.45) is 5.73 Å². The minimum Gasteiger partial charge on any atom is -0.478 e. The second-order valence-electron chi connectivity index (χ2n) is 4.99. The van der Waals surface area contributed by atoms with Gasteiger partial charge in [-0.2, -0.15) is 4.31 Å². The number of rotatable bonds is 4. The Morgan fingerprint density at radius 3 is 2.65 bits per heavy atom. The standard InChI is InChI=1S/C13H15FN2O6S/c1-7-9(13(18)19)4-8(5-10(7)14)23(20,21)16-2-3-22-6-11(16)12(15)17/h4-5,11H,2-3,6H2,1H3,(H2,15,17)(H,18,19). The number of halogens is 1. The van der Waals surface area contributed by atoms with Crippen LogP contribution in [0.4, 0.5) is 4.39 Å². The maximum atomic E-state index is 13.9. The van der Waals surface area contributed by atoms with Crippen LogP contribution in [-0.4, -0.2) is 55.5 Å². The Bertz CT molecular complexity index is 764. The van der Waals surface area contributed by atoms with Crippen molar-refractivity contribution in [2.45, 2.75) is 17.9 Å². The largest absolute Gasteiger partial charge is 0.478 e. The number of carbonyl (C=O) groups is 2. The Balaban J connectivity index is 2.55. The number of ether oxygens (including phenoxy) is 1. The van der Waals surface area contributed by atoms with Crippen LogP contribution in [0.5, 0.6) is 0 Å². The predicted molar refractivity (Wildman–Crippen MR) is 75.8 cm³/mol. The van der Waals surface area contributed by atoms with Crippen LogP contribution in [0, 0.1) is 12.7 Å². The van der Waals surface area contributed by atoms with Gasteiger partial charge in [0.05, 0.1) is 23.7 Å². The topological polar surface area (TPSA) is 127 Å². The number of carbonyl (C=O) groups excluding carboxylic acids is 1. The number of amides is 1. The monoisotopic (exact) mass is 346 g/mol. The third-order valence-corrected chi connectivity index (χ3v) is 5.45. The normalized spacial score (nSPS) is 19.5. The molecule has 0 radical (unpaired) electrons. The van der Waals surface area contributed by atoms with E-state index in [9.17, 15) is 22.4 Å². The number of nitrogens with zero attached hydrogens (tertiary/aromatic N) is 1. The minimum absolute atomic E-state index is 0.0448. The van der Waals surface area contributed by atoms with Gasteiger partial charge in [0.25, 0.3) is 0 Å². The lowest BCUT2D eigenvalue weighted by atomic mass is 10.1. The molecule has 0 bridgehead atoms. The van der Waals surface area contributed by atoms with Crippen molar-refractivity contribution in [1.82, 2.24) is 4.31 Å². The van der Waals surface area contributed by atoms with Crippen LogP contribution >= 0.6 is 0 Å². The Morgan fingerprint density at radius 1 is 1.43 bits per heavy atom. The Kier molecular flexibility index (Phi) is 4.68. The summed E-state index contributed by atoms with van der Waals surface area (Å²) in [4.78, 5) is 22.0. The van der Waals surface area contributed by atoms with E-state index in [1.807, 2.05) is 0 Å². The molecule has 1 aliphatic rings. The second-order valence-corrected chi connectivity index (χ2v) is 6.88. The molecule has 23 heavy (non-hydrogen) atoms. The number of carboxylic acid groups (broad SMARTS) is 1. The first-order chi connectivity index (χ1) is 10.7. The van der Waals surface area contributed by atoms with Gasteiger partial charge in [-0.25, -0.2) is 17.6 Å². The van der Waals surface area contributed by atoms with Gasteiger partial charge in [0.15, 0.2) is 0 Å². The van der Waals surface area contributed by atoms with E-state index >= 15 is 0 Å². The van der Waals surface area contributed by atoms with Crippen molar-refractivity contribution < 1.29 is 32.2 Å². The maximum Gasteiger partial charge on any atom is 0.336 e. The first-order valence-electron chi connectivity index (χ1n) is 6.58. The molecule has 1 atom stereocenters. The summed E-state index contributed by atoms with van der Waals surface area (Å²) in [6, 6.07) is 0.361. The smallest absolute Gasteiger partial charge is 0.336 e. The molecular weight excluding hydrogens is 331 g/mol. The van der Waals surface area contributed by atoms with Gasteiger partial charge in [0.1, 0.15) is 11.9 Å². The van der Waals surface area contributed by atoms with Crippen LogP contribution < -0.4 is 5.73 Å². The summed E-state index contributed by atoms with van der Waals surface area (Å²) in [5, 5.41) is 9.06. The summed E-state index contributed by atoms with van der Waals surface area (Å²) >= 11 is 0. The van der Waals surface area contributed by atoms with Crippen molar-refractivity contribution >= 4 is 21.9 Å². The summed E-state index contributed by atoms with van der Waals surface area (Å²) in [5.74, 6) is -3.32. The molecule has 0 aromatic heterocycles. The van der Waals surface area contributed by atoms with E-state index in [2.05, 4.69) is 0 Å². The number of nitrogens with two attached hydrogens (primary N) is 1. The third kappa shape index (κ3) is 3.19. The predicted octanol–water partition coefficient (Wildman–Crippen LogP) is -0.293. The second kappa shape index (κ2) is 6.22. The first-order valence-corrected chi connectivity index (χ1v) is 8.02. The third-order valence-electron chi connectivity index (χ3n) is 3.56. The van der Waals surface area contributed by atoms with Gasteiger partial charge in [-0.05, 0) is 24.6 Å². The van der Waals surface area contributed by atoms with Crippen molar-refractivity contribution in [3.8, 4) is 0 Å². The summed E-state index contributed by atoms with van der Waals surface area (Å²) < 4.78 is 45.0. The number of hydrogen-bond donors (Lipinski definition) is 2. The molecule has 1 fully saturated rings. The van der Waals surface area contributed by atoms with Crippen LogP contribution in [0.1, 0.15) is 15.9 Å². The van der Waals surface area contributed by atoms with E-state index in [0.29, 0.717) is 0 Å². The van der Waals surface area contributed by atoms with Crippen molar-refractivity contribution in [1.29, 1.82) is 0 Å².